The lowest BCUT2D eigenvalue weighted by Crippen LogP contribution is -2.26. The summed E-state index contributed by atoms with van der Waals surface area (Å²) >= 11 is 0. The molecule has 1 heterocycles. The summed E-state index contributed by atoms with van der Waals surface area (Å²) in [5.41, 5.74) is 10.5. The molecule has 1 atom stereocenters. The van der Waals surface area contributed by atoms with E-state index in [0.29, 0.717) is 5.56 Å². The number of hydrogen-bond acceptors (Lipinski definition) is 1. The Morgan fingerprint density at radius 2 is 1.46 bits per heavy atom. The maximum Gasteiger partial charge on any atom is 0.251 e. The Balaban J connectivity index is 1.34. The number of aryl methyl sites for hydroxylation is 1. The van der Waals surface area contributed by atoms with Crippen LogP contribution in [0.25, 0.3) is 22.0 Å². The van der Waals surface area contributed by atoms with Gasteiger partial charge in [0.05, 0.1) is 6.04 Å². The van der Waals surface area contributed by atoms with E-state index >= 15 is 0 Å². The number of nitrogens with one attached hydrogen (secondary N) is 1. The molecule has 0 aliphatic heterocycles. The van der Waals surface area contributed by atoms with Crippen LogP contribution in [-0.2, 0) is 12.0 Å². The number of hydrogen-bond donors (Lipinski definition) is 1. The van der Waals surface area contributed by atoms with Gasteiger partial charge in [0, 0.05) is 28.7 Å². The van der Waals surface area contributed by atoms with Crippen LogP contribution in [0.2, 0.25) is 0 Å². The van der Waals surface area contributed by atoms with Crippen molar-refractivity contribution in [3.05, 3.63) is 131 Å². The van der Waals surface area contributed by atoms with Gasteiger partial charge in [-0.3, -0.25) is 4.79 Å². The standard InChI is InChI=1S/C36H38N2O/c1-24-26(3)38(23-27-12-14-30(15-13-27)29-10-8-7-9-11-29)34-21-18-31(22-33(24)34)35(39)37-25(2)28-16-19-32(20-17-28)36(4,5)6/h7-22,25H,23H2,1-6H3,(H,37,39)/t25-/m0/s1. The Labute approximate surface area is 232 Å². The van der Waals surface area contributed by atoms with Gasteiger partial charge in [0.1, 0.15) is 0 Å². The van der Waals surface area contributed by atoms with Crippen LogP contribution in [-0.4, -0.2) is 10.5 Å². The first kappa shape index (κ1) is 26.5. The van der Waals surface area contributed by atoms with Crippen molar-refractivity contribution in [3.63, 3.8) is 0 Å². The molecule has 5 aromatic rings. The molecule has 1 amide bonds. The fraction of sp³-hybridized carbons (Fsp3) is 0.250. The molecule has 4 aromatic carbocycles. The van der Waals surface area contributed by atoms with Crippen LogP contribution in [0, 0.1) is 13.8 Å². The Bertz CT molecular complexity index is 1600. The molecule has 39 heavy (non-hydrogen) atoms. The molecule has 0 saturated carbocycles. The first-order valence-corrected chi connectivity index (χ1v) is 13.8. The predicted molar refractivity (Wildman–Crippen MR) is 163 cm³/mol. The summed E-state index contributed by atoms with van der Waals surface area (Å²) in [6, 6.07) is 33.8. The van der Waals surface area contributed by atoms with Crippen molar-refractivity contribution in [1.29, 1.82) is 0 Å². The van der Waals surface area contributed by atoms with E-state index in [1.807, 2.05) is 25.1 Å². The van der Waals surface area contributed by atoms with E-state index in [2.05, 4.69) is 123 Å². The first-order chi connectivity index (χ1) is 18.6. The van der Waals surface area contributed by atoms with Gasteiger partial charge in [0.15, 0.2) is 0 Å². The molecule has 3 nitrogen and oxygen atoms in total. The first-order valence-electron chi connectivity index (χ1n) is 13.8. The molecule has 5 rings (SSSR count). The molecule has 1 aromatic heterocycles. The molecule has 0 aliphatic carbocycles. The second kappa shape index (κ2) is 10.6. The highest BCUT2D eigenvalue weighted by molar-refractivity contribution is 5.99. The highest BCUT2D eigenvalue weighted by Gasteiger charge is 2.18. The van der Waals surface area contributed by atoms with Crippen molar-refractivity contribution in [2.24, 2.45) is 0 Å². The van der Waals surface area contributed by atoms with E-state index in [4.69, 9.17) is 0 Å². The minimum absolute atomic E-state index is 0.0504. The zero-order valence-electron chi connectivity index (χ0n) is 23.9. The summed E-state index contributed by atoms with van der Waals surface area (Å²) in [5.74, 6) is -0.0504. The van der Waals surface area contributed by atoms with Crippen molar-refractivity contribution in [3.8, 4) is 11.1 Å². The molecule has 0 fully saturated rings. The van der Waals surface area contributed by atoms with Crippen LogP contribution in [0.5, 0.6) is 0 Å². The third-order valence-electron chi connectivity index (χ3n) is 7.93. The molecule has 0 unspecified atom stereocenters. The van der Waals surface area contributed by atoms with Gasteiger partial charge in [-0.05, 0) is 77.8 Å². The lowest BCUT2D eigenvalue weighted by atomic mass is 9.86. The van der Waals surface area contributed by atoms with E-state index in [9.17, 15) is 4.79 Å². The van der Waals surface area contributed by atoms with Gasteiger partial charge in [-0.15, -0.1) is 0 Å². The second-order valence-electron chi connectivity index (χ2n) is 11.7. The summed E-state index contributed by atoms with van der Waals surface area (Å²) in [6.45, 7) is 13.8. The van der Waals surface area contributed by atoms with E-state index in [-0.39, 0.29) is 17.4 Å². The summed E-state index contributed by atoms with van der Waals surface area (Å²) < 4.78 is 2.35. The van der Waals surface area contributed by atoms with Crippen LogP contribution in [0.4, 0.5) is 0 Å². The van der Waals surface area contributed by atoms with Crippen LogP contribution in [0.1, 0.15) is 72.0 Å². The van der Waals surface area contributed by atoms with Crippen molar-refractivity contribution in [2.45, 2.75) is 59.5 Å². The predicted octanol–water partition coefficient (Wildman–Crippen LogP) is 8.76. The smallest absolute Gasteiger partial charge is 0.251 e. The molecule has 0 bridgehead atoms. The number of fused-ring (bicyclic) bond motifs is 1. The number of benzene rings is 4. The Hall–Kier alpha value is -4.11. The molecule has 3 heteroatoms. The van der Waals surface area contributed by atoms with Crippen LogP contribution >= 0.6 is 0 Å². The Morgan fingerprint density at radius 3 is 2.10 bits per heavy atom. The summed E-state index contributed by atoms with van der Waals surface area (Å²) in [7, 11) is 0. The van der Waals surface area contributed by atoms with Gasteiger partial charge in [-0.2, -0.15) is 0 Å². The Kier molecular flexibility index (Phi) is 7.18. The molecular formula is C36H38N2O. The molecule has 1 N–H and O–H groups in total. The molecule has 0 spiro atoms. The van der Waals surface area contributed by atoms with Crippen molar-refractivity contribution in [2.75, 3.05) is 0 Å². The lowest BCUT2D eigenvalue weighted by molar-refractivity contribution is 0.0940. The van der Waals surface area contributed by atoms with E-state index < -0.39 is 0 Å². The van der Waals surface area contributed by atoms with Crippen molar-refractivity contribution in [1.82, 2.24) is 9.88 Å². The summed E-state index contributed by atoms with van der Waals surface area (Å²) in [6.07, 6.45) is 0. The molecular weight excluding hydrogens is 476 g/mol. The zero-order valence-corrected chi connectivity index (χ0v) is 23.9. The number of carbonyl (C=O) groups excluding carboxylic acids is 1. The number of rotatable bonds is 6. The van der Waals surface area contributed by atoms with Gasteiger partial charge in [0.2, 0.25) is 0 Å². The maximum absolute atomic E-state index is 13.2. The largest absolute Gasteiger partial charge is 0.346 e. The van der Waals surface area contributed by atoms with Gasteiger partial charge in [-0.1, -0.05) is 99.6 Å². The van der Waals surface area contributed by atoms with Gasteiger partial charge >= 0.3 is 0 Å². The lowest BCUT2D eigenvalue weighted by Gasteiger charge is -2.20. The van der Waals surface area contributed by atoms with Crippen LogP contribution in [0.3, 0.4) is 0 Å². The average Bonchev–Trinajstić information content (AvgIpc) is 3.17. The minimum Gasteiger partial charge on any atom is -0.346 e. The van der Waals surface area contributed by atoms with Crippen LogP contribution < -0.4 is 5.32 Å². The normalized spacial score (nSPS) is 12.5. The Morgan fingerprint density at radius 1 is 0.821 bits per heavy atom. The third-order valence-corrected chi connectivity index (χ3v) is 7.93. The van der Waals surface area contributed by atoms with E-state index in [0.717, 1.165) is 23.0 Å². The number of aromatic nitrogens is 1. The van der Waals surface area contributed by atoms with Crippen LogP contribution in [0.15, 0.2) is 97.1 Å². The molecule has 0 aliphatic rings. The van der Waals surface area contributed by atoms with Gasteiger partial charge in [-0.25, -0.2) is 0 Å². The maximum atomic E-state index is 13.2. The third kappa shape index (κ3) is 5.54. The number of carbonyl (C=O) groups is 1. The zero-order chi connectivity index (χ0) is 27.7. The highest BCUT2D eigenvalue weighted by Crippen LogP contribution is 2.29. The highest BCUT2D eigenvalue weighted by atomic mass is 16.1. The SMILES string of the molecule is Cc1c(C)n(Cc2ccc(-c3ccccc3)cc2)c2ccc(C(=O)N[C@@H](C)c3ccc(C(C)(C)C)cc3)cc12. The molecule has 198 valence electrons. The second-order valence-corrected chi connectivity index (χ2v) is 11.7. The molecule has 0 saturated heterocycles. The van der Waals surface area contributed by atoms with Gasteiger partial charge in [0.25, 0.3) is 5.91 Å². The number of amides is 1. The quantitative estimate of drug-likeness (QED) is 0.241. The monoisotopic (exact) mass is 514 g/mol. The van der Waals surface area contributed by atoms with Crippen molar-refractivity contribution < 1.29 is 4.79 Å². The summed E-state index contributed by atoms with van der Waals surface area (Å²) in [5, 5.41) is 4.32. The minimum atomic E-state index is -0.0755. The average molecular weight is 515 g/mol. The van der Waals surface area contributed by atoms with Crippen molar-refractivity contribution >= 4 is 16.8 Å². The molecule has 0 radical (unpaired) electrons. The fourth-order valence-electron chi connectivity index (χ4n) is 5.25. The van der Waals surface area contributed by atoms with E-state index in [1.54, 1.807) is 0 Å². The topological polar surface area (TPSA) is 34.0 Å². The van der Waals surface area contributed by atoms with Gasteiger partial charge < -0.3 is 9.88 Å². The fourth-order valence-corrected chi connectivity index (χ4v) is 5.25. The summed E-state index contributed by atoms with van der Waals surface area (Å²) in [4.78, 5) is 13.2. The van der Waals surface area contributed by atoms with E-state index in [1.165, 1.54) is 33.5 Å². The number of nitrogens with zero attached hydrogens (tertiary/aromatic N) is 1.